The van der Waals surface area contributed by atoms with Crippen molar-refractivity contribution < 1.29 is 23.8 Å². The third-order valence-corrected chi connectivity index (χ3v) is 3.75. The summed E-state index contributed by atoms with van der Waals surface area (Å²) in [7, 11) is 1.58. The number of ether oxygens (including phenoxy) is 3. The Labute approximate surface area is 153 Å². The van der Waals surface area contributed by atoms with Crippen molar-refractivity contribution >= 4 is 11.5 Å². The molecule has 0 saturated carbocycles. The lowest BCUT2D eigenvalue weighted by molar-refractivity contribution is -0.142. The van der Waals surface area contributed by atoms with E-state index in [9.17, 15) is 4.79 Å². The first-order valence-corrected chi connectivity index (χ1v) is 8.18. The van der Waals surface area contributed by atoms with Gasteiger partial charge in [-0.3, -0.25) is 0 Å². The Balaban J connectivity index is 2.26. The number of esters is 1. The summed E-state index contributed by atoms with van der Waals surface area (Å²) in [4.78, 5) is 16.6. The Kier molecular flexibility index (Phi) is 7.20. The van der Waals surface area contributed by atoms with Gasteiger partial charge in [-0.05, 0) is 42.7 Å². The molecule has 0 atom stereocenters. The van der Waals surface area contributed by atoms with Crippen LogP contribution in [-0.4, -0.2) is 26.5 Å². The lowest BCUT2D eigenvalue weighted by Crippen LogP contribution is -2.15. The highest BCUT2D eigenvalue weighted by Crippen LogP contribution is 2.27. The Morgan fingerprint density at radius 3 is 2.42 bits per heavy atom. The van der Waals surface area contributed by atoms with E-state index in [1.54, 1.807) is 21.0 Å². The minimum Gasteiger partial charge on any atom is -0.468 e. The molecule has 6 nitrogen and oxygen atoms in total. The fourth-order valence-corrected chi connectivity index (χ4v) is 2.42. The Hall–Kier alpha value is -2.83. The van der Waals surface area contributed by atoms with Crippen LogP contribution in [0.3, 0.4) is 0 Å². The topological polar surface area (TPSA) is 80.0 Å². The van der Waals surface area contributed by atoms with Gasteiger partial charge in [-0.15, -0.1) is 0 Å². The third-order valence-electron chi connectivity index (χ3n) is 3.75. The summed E-state index contributed by atoms with van der Waals surface area (Å²) in [6, 6.07) is 15.4. The Morgan fingerprint density at radius 1 is 1.08 bits per heavy atom. The largest absolute Gasteiger partial charge is 0.468 e. The Bertz CT molecular complexity index is 768. The maximum Gasteiger partial charge on any atom is 0.376 e. The molecule has 0 amide bonds. The average molecular weight is 357 g/mol. The smallest absolute Gasteiger partial charge is 0.376 e. The summed E-state index contributed by atoms with van der Waals surface area (Å²) < 4.78 is 15.3. The van der Waals surface area contributed by atoms with Gasteiger partial charge in [0.25, 0.3) is 0 Å². The molecule has 0 aromatic heterocycles. The second kappa shape index (κ2) is 9.60. The van der Waals surface area contributed by atoms with Crippen LogP contribution in [0.1, 0.15) is 19.4 Å². The van der Waals surface area contributed by atoms with Crippen LogP contribution in [0.2, 0.25) is 0 Å². The van der Waals surface area contributed by atoms with E-state index in [1.165, 1.54) is 0 Å². The molecule has 0 fully saturated rings. The van der Waals surface area contributed by atoms with Crippen LogP contribution in [0, 0.1) is 0 Å². The lowest BCUT2D eigenvalue weighted by atomic mass is 10.0. The Morgan fingerprint density at radius 2 is 1.81 bits per heavy atom. The number of nitrogens with two attached hydrogens (primary N) is 1. The third kappa shape index (κ3) is 4.84. The maximum atomic E-state index is 11.9. The van der Waals surface area contributed by atoms with Crippen LogP contribution in [-0.2, 0) is 19.1 Å². The minimum atomic E-state index is -0.584. The molecule has 0 unspecified atom stereocenters. The van der Waals surface area contributed by atoms with E-state index in [-0.39, 0.29) is 19.2 Å². The van der Waals surface area contributed by atoms with Crippen LogP contribution in [0.25, 0.3) is 16.7 Å². The summed E-state index contributed by atoms with van der Waals surface area (Å²) in [5.41, 5.74) is 3.44. The van der Waals surface area contributed by atoms with Crippen molar-refractivity contribution in [2.24, 2.45) is 5.90 Å². The van der Waals surface area contributed by atoms with Gasteiger partial charge in [-0.1, -0.05) is 36.4 Å². The van der Waals surface area contributed by atoms with Crippen LogP contribution in [0.5, 0.6) is 5.75 Å². The zero-order valence-electron chi connectivity index (χ0n) is 15.2. The highest BCUT2D eigenvalue weighted by molar-refractivity contribution is 5.95. The molecule has 0 radical (unpaired) electrons. The predicted molar refractivity (Wildman–Crippen MR) is 98.9 cm³/mol. The number of hydrogen-bond donors (Lipinski definition) is 1. The number of carbonyl (C=O) groups is 1. The zero-order valence-corrected chi connectivity index (χ0v) is 15.2. The van der Waals surface area contributed by atoms with Crippen LogP contribution >= 0.6 is 0 Å². The van der Waals surface area contributed by atoms with Gasteiger partial charge in [0.1, 0.15) is 5.75 Å². The van der Waals surface area contributed by atoms with E-state index in [0.717, 1.165) is 22.4 Å². The number of carbonyl (C=O) groups excluding carboxylic acids is 1. The number of rotatable bonds is 8. The van der Waals surface area contributed by atoms with Crippen molar-refractivity contribution in [1.82, 2.24) is 0 Å². The van der Waals surface area contributed by atoms with Gasteiger partial charge in [-0.2, -0.15) is 5.90 Å². The molecule has 26 heavy (non-hydrogen) atoms. The van der Waals surface area contributed by atoms with Crippen molar-refractivity contribution in [3.63, 3.8) is 0 Å². The quantitative estimate of drug-likeness (QED) is 0.256. The van der Waals surface area contributed by atoms with Gasteiger partial charge in [-0.25, -0.2) is 4.79 Å². The fraction of sp³-hybridized carbons (Fsp3) is 0.250. The number of methoxy groups -OCH3 is 1. The summed E-state index contributed by atoms with van der Waals surface area (Å²) >= 11 is 0. The van der Waals surface area contributed by atoms with Gasteiger partial charge in [0.2, 0.25) is 5.76 Å². The lowest BCUT2D eigenvalue weighted by Gasteiger charge is -2.11. The molecule has 2 aromatic rings. The van der Waals surface area contributed by atoms with Gasteiger partial charge in [0.15, 0.2) is 6.79 Å². The summed E-state index contributed by atoms with van der Waals surface area (Å²) in [6.45, 7) is 3.93. The molecule has 0 saturated heterocycles. The van der Waals surface area contributed by atoms with E-state index >= 15 is 0 Å². The van der Waals surface area contributed by atoms with Gasteiger partial charge in [0.05, 0.1) is 6.61 Å². The summed E-state index contributed by atoms with van der Waals surface area (Å²) in [5, 5.41) is 0. The van der Waals surface area contributed by atoms with Crippen molar-refractivity contribution in [3.8, 4) is 16.9 Å². The molecular formula is C20H23NO5. The summed E-state index contributed by atoms with van der Waals surface area (Å²) in [6.07, 6.45) is 0. The molecular weight excluding hydrogens is 334 g/mol. The van der Waals surface area contributed by atoms with Crippen LogP contribution < -0.4 is 10.6 Å². The van der Waals surface area contributed by atoms with Crippen molar-refractivity contribution in [2.75, 3.05) is 20.5 Å². The molecule has 0 spiro atoms. The molecule has 0 aliphatic carbocycles. The second-order valence-electron chi connectivity index (χ2n) is 5.45. The van der Waals surface area contributed by atoms with Crippen molar-refractivity contribution in [2.45, 2.75) is 13.8 Å². The van der Waals surface area contributed by atoms with E-state index < -0.39 is 5.97 Å². The first-order chi connectivity index (χ1) is 12.6. The second-order valence-corrected chi connectivity index (χ2v) is 5.45. The van der Waals surface area contributed by atoms with Gasteiger partial charge >= 0.3 is 5.97 Å². The fourth-order valence-electron chi connectivity index (χ4n) is 2.42. The zero-order chi connectivity index (χ0) is 18.9. The van der Waals surface area contributed by atoms with Gasteiger partial charge in [0, 0.05) is 12.7 Å². The molecule has 0 aliphatic rings. The maximum absolute atomic E-state index is 11.9. The SMILES string of the molecule is CCOC(=O)C(ON)=C(C)c1ccc(-c2cccc(OCOC)c2)cc1. The first kappa shape index (κ1) is 19.5. The molecule has 0 heterocycles. The van der Waals surface area contributed by atoms with Crippen LogP contribution in [0.15, 0.2) is 54.3 Å². The molecule has 6 heteroatoms. The van der Waals surface area contributed by atoms with Crippen molar-refractivity contribution in [3.05, 3.63) is 59.9 Å². The van der Waals surface area contributed by atoms with E-state index in [4.69, 9.17) is 24.9 Å². The van der Waals surface area contributed by atoms with Gasteiger partial charge < -0.3 is 19.0 Å². The highest BCUT2D eigenvalue weighted by Gasteiger charge is 2.17. The highest BCUT2D eigenvalue weighted by atomic mass is 16.7. The average Bonchev–Trinajstić information content (AvgIpc) is 2.67. The molecule has 2 aromatic carbocycles. The molecule has 138 valence electrons. The monoisotopic (exact) mass is 357 g/mol. The molecule has 2 N–H and O–H groups in total. The number of benzene rings is 2. The molecule has 0 bridgehead atoms. The van der Waals surface area contributed by atoms with E-state index in [2.05, 4.69) is 0 Å². The normalized spacial score (nSPS) is 11.5. The predicted octanol–water partition coefficient (Wildman–Crippen LogP) is 3.52. The number of allylic oxidation sites excluding steroid dienone is 1. The van der Waals surface area contributed by atoms with E-state index in [0.29, 0.717) is 5.57 Å². The first-order valence-electron chi connectivity index (χ1n) is 8.18. The van der Waals surface area contributed by atoms with E-state index in [1.807, 2.05) is 48.5 Å². The summed E-state index contributed by atoms with van der Waals surface area (Å²) in [5.74, 6) is 5.38. The molecule has 2 rings (SSSR count). The van der Waals surface area contributed by atoms with Crippen molar-refractivity contribution in [1.29, 1.82) is 0 Å². The number of hydrogen-bond acceptors (Lipinski definition) is 6. The minimum absolute atomic E-state index is 0.00503. The standard InChI is InChI=1S/C20H23NO5/c1-4-24-20(22)19(26-21)14(2)15-8-10-16(11-9-15)17-6-5-7-18(12-17)25-13-23-3/h5-12H,4,13,21H2,1-3H3. The van der Waals surface area contributed by atoms with Crippen LogP contribution in [0.4, 0.5) is 0 Å². The molecule has 0 aliphatic heterocycles.